The first kappa shape index (κ1) is 15.3. The van der Waals surface area contributed by atoms with Crippen molar-refractivity contribution in [3.8, 4) is 0 Å². The van der Waals surface area contributed by atoms with Crippen molar-refractivity contribution < 1.29 is 0 Å². The largest absolute Gasteiger partial charge is 0.354 e. The van der Waals surface area contributed by atoms with Gasteiger partial charge in [-0.05, 0) is 44.4 Å². The second kappa shape index (κ2) is 6.55. The van der Waals surface area contributed by atoms with Crippen molar-refractivity contribution in [3.05, 3.63) is 23.4 Å². The second-order valence-corrected chi connectivity index (χ2v) is 6.04. The molecule has 0 aliphatic carbocycles. The number of anilines is 1. The monoisotopic (exact) mass is 276 g/mol. The Hall–Kier alpha value is -1.13. The summed E-state index contributed by atoms with van der Waals surface area (Å²) in [5.41, 5.74) is 8.47. The minimum Gasteiger partial charge on any atom is -0.354 e. The quantitative estimate of drug-likeness (QED) is 0.917. The molecule has 0 bridgehead atoms. The summed E-state index contributed by atoms with van der Waals surface area (Å²) in [6, 6.07) is 2.94. The smallest absolute Gasteiger partial charge is 0.131 e. The predicted molar refractivity (Wildman–Crippen MR) is 85.1 cm³/mol. The van der Waals surface area contributed by atoms with Gasteiger partial charge in [0.15, 0.2) is 0 Å². The molecule has 4 nitrogen and oxygen atoms in total. The van der Waals surface area contributed by atoms with Crippen molar-refractivity contribution in [2.24, 2.45) is 5.73 Å². The van der Waals surface area contributed by atoms with Crippen LogP contribution < -0.4 is 10.6 Å². The molecule has 20 heavy (non-hydrogen) atoms. The van der Waals surface area contributed by atoms with Gasteiger partial charge in [0.2, 0.25) is 0 Å². The van der Waals surface area contributed by atoms with Crippen LogP contribution >= 0.6 is 0 Å². The average Bonchev–Trinajstić information content (AvgIpc) is 2.46. The summed E-state index contributed by atoms with van der Waals surface area (Å²) in [5.74, 6) is 1.13. The number of hydrogen-bond acceptors (Lipinski definition) is 4. The normalized spacial score (nSPS) is 18.6. The van der Waals surface area contributed by atoms with Crippen molar-refractivity contribution in [2.45, 2.75) is 46.2 Å². The van der Waals surface area contributed by atoms with Gasteiger partial charge in [-0.25, -0.2) is 4.98 Å². The van der Waals surface area contributed by atoms with Crippen molar-refractivity contribution in [2.75, 3.05) is 31.1 Å². The predicted octanol–water partition coefficient (Wildman–Crippen LogP) is 2.33. The molecule has 1 aromatic heterocycles. The Kier molecular flexibility index (Phi) is 5.00. The first-order valence-electron chi connectivity index (χ1n) is 7.74. The van der Waals surface area contributed by atoms with Crippen LogP contribution in [0.1, 0.15) is 44.4 Å². The first-order valence-corrected chi connectivity index (χ1v) is 7.74. The Morgan fingerprint density at radius 1 is 1.25 bits per heavy atom. The molecule has 2 heterocycles. The van der Waals surface area contributed by atoms with Gasteiger partial charge >= 0.3 is 0 Å². The zero-order valence-electron chi connectivity index (χ0n) is 13.3. The molecule has 112 valence electrons. The number of pyridine rings is 1. The van der Waals surface area contributed by atoms with Crippen molar-refractivity contribution in [1.29, 1.82) is 0 Å². The molecular formula is C16H28N4. The van der Waals surface area contributed by atoms with E-state index in [4.69, 9.17) is 5.73 Å². The van der Waals surface area contributed by atoms with Gasteiger partial charge in [-0.15, -0.1) is 0 Å². The highest BCUT2D eigenvalue weighted by atomic mass is 15.3. The molecule has 0 radical (unpaired) electrons. The summed E-state index contributed by atoms with van der Waals surface area (Å²) < 4.78 is 0. The molecule has 1 saturated heterocycles. The molecule has 0 aromatic carbocycles. The number of hydrogen-bond donors (Lipinski definition) is 1. The lowest BCUT2D eigenvalue weighted by Crippen LogP contribution is -2.49. The molecule has 1 atom stereocenters. The molecule has 0 spiro atoms. The Morgan fingerprint density at radius 2 is 1.90 bits per heavy atom. The summed E-state index contributed by atoms with van der Waals surface area (Å²) in [6.45, 7) is 13.1. The van der Waals surface area contributed by atoms with Crippen LogP contribution in [0.15, 0.2) is 12.3 Å². The second-order valence-electron chi connectivity index (χ2n) is 6.04. The molecular weight excluding hydrogens is 248 g/mol. The van der Waals surface area contributed by atoms with E-state index in [2.05, 4.69) is 48.5 Å². The first-order chi connectivity index (χ1) is 9.52. The van der Waals surface area contributed by atoms with E-state index in [1.165, 1.54) is 5.56 Å². The Morgan fingerprint density at radius 3 is 2.40 bits per heavy atom. The number of aromatic nitrogens is 1. The van der Waals surface area contributed by atoms with Crippen molar-refractivity contribution >= 4 is 5.82 Å². The molecule has 2 N–H and O–H groups in total. The molecule has 1 aromatic rings. The van der Waals surface area contributed by atoms with E-state index in [9.17, 15) is 0 Å². The third-order valence-electron chi connectivity index (χ3n) is 4.28. The maximum Gasteiger partial charge on any atom is 0.131 e. The van der Waals surface area contributed by atoms with E-state index in [1.54, 1.807) is 0 Å². The molecule has 1 fully saturated rings. The fraction of sp³-hybridized carbons (Fsp3) is 0.688. The van der Waals surface area contributed by atoms with Crippen molar-refractivity contribution in [1.82, 2.24) is 9.88 Å². The van der Waals surface area contributed by atoms with Gasteiger partial charge in [0.1, 0.15) is 5.82 Å². The summed E-state index contributed by atoms with van der Waals surface area (Å²) in [4.78, 5) is 9.59. The highest BCUT2D eigenvalue weighted by Crippen LogP contribution is 2.23. The Balaban J connectivity index is 2.07. The van der Waals surface area contributed by atoms with E-state index < -0.39 is 0 Å². The maximum atomic E-state index is 6.08. The Labute approximate surface area is 123 Å². The van der Waals surface area contributed by atoms with Crippen LogP contribution in [0.5, 0.6) is 0 Å². The van der Waals surface area contributed by atoms with Crippen LogP contribution in [0, 0.1) is 6.92 Å². The average molecular weight is 276 g/mol. The van der Waals surface area contributed by atoms with E-state index in [1.807, 2.05) is 6.20 Å². The molecule has 0 amide bonds. The van der Waals surface area contributed by atoms with E-state index >= 15 is 0 Å². The van der Waals surface area contributed by atoms with Crippen molar-refractivity contribution in [3.63, 3.8) is 0 Å². The van der Waals surface area contributed by atoms with Crippen LogP contribution in [-0.4, -0.2) is 42.1 Å². The zero-order chi connectivity index (χ0) is 14.7. The SMILES string of the molecule is CC[C@H](N)c1cnc(N2CCN(C(C)C)CC2)c(C)c1. The molecule has 1 aliphatic rings. The van der Waals surface area contributed by atoms with Gasteiger partial charge in [-0.2, -0.15) is 0 Å². The third kappa shape index (κ3) is 3.30. The fourth-order valence-electron chi connectivity index (χ4n) is 2.81. The number of aryl methyl sites for hydroxylation is 1. The lowest BCUT2D eigenvalue weighted by Gasteiger charge is -2.38. The molecule has 2 rings (SSSR count). The molecule has 0 unspecified atom stereocenters. The maximum absolute atomic E-state index is 6.08. The fourth-order valence-corrected chi connectivity index (χ4v) is 2.81. The highest BCUT2D eigenvalue weighted by molar-refractivity contribution is 5.48. The van der Waals surface area contributed by atoms with Gasteiger partial charge in [0, 0.05) is 44.5 Å². The Bertz CT molecular complexity index is 436. The molecule has 4 heteroatoms. The van der Waals surface area contributed by atoms with Crippen LogP contribution in [0.3, 0.4) is 0 Å². The van der Waals surface area contributed by atoms with Gasteiger partial charge in [0.25, 0.3) is 0 Å². The number of nitrogens with zero attached hydrogens (tertiary/aromatic N) is 3. The molecule has 1 aliphatic heterocycles. The van der Waals surface area contributed by atoms with Crippen LogP contribution in [0.4, 0.5) is 5.82 Å². The lowest BCUT2D eigenvalue weighted by molar-refractivity contribution is 0.209. The summed E-state index contributed by atoms with van der Waals surface area (Å²) in [5, 5.41) is 0. The van der Waals surface area contributed by atoms with Crippen LogP contribution in [0.2, 0.25) is 0 Å². The van der Waals surface area contributed by atoms with E-state index in [-0.39, 0.29) is 6.04 Å². The highest BCUT2D eigenvalue weighted by Gasteiger charge is 2.21. The minimum atomic E-state index is 0.105. The van der Waals surface area contributed by atoms with Crippen LogP contribution in [0.25, 0.3) is 0 Å². The van der Waals surface area contributed by atoms with E-state index in [0.717, 1.165) is 44.0 Å². The lowest BCUT2D eigenvalue weighted by atomic mass is 10.1. The number of piperazine rings is 1. The summed E-state index contributed by atoms with van der Waals surface area (Å²) in [7, 11) is 0. The van der Waals surface area contributed by atoms with Gasteiger partial charge in [-0.3, -0.25) is 4.90 Å². The number of nitrogens with two attached hydrogens (primary N) is 1. The topological polar surface area (TPSA) is 45.4 Å². The molecule has 0 saturated carbocycles. The third-order valence-corrected chi connectivity index (χ3v) is 4.28. The van der Waals surface area contributed by atoms with Gasteiger partial charge in [-0.1, -0.05) is 6.92 Å². The standard InChI is InChI=1S/C16H28N4/c1-5-15(17)14-10-13(4)16(18-11-14)20-8-6-19(7-9-20)12(2)3/h10-12,15H,5-9,17H2,1-4H3/t15-/m0/s1. The van der Waals surface area contributed by atoms with Gasteiger partial charge in [0.05, 0.1) is 0 Å². The summed E-state index contributed by atoms with van der Waals surface area (Å²) in [6.07, 6.45) is 2.90. The zero-order valence-corrected chi connectivity index (χ0v) is 13.3. The minimum absolute atomic E-state index is 0.105. The summed E-state index contributed by atoms with van der Waals surface area (Å²) >= 11 is 0. The van der Waals surface area contributed by atoms with Crippen LogP contribution in [-0.2, 0) is 0 Å². The van der Waals surface area contributed by atoms with Gasteiger partial charge < -0.3 is 10.6 Å². The number of rotatable bonds is 4. The van der Waals surface area contributed by atoms with E-state index in [0.29, 0.717) is 6.04 Å².